The smallest absolute Gasteiger partial charge is 0.324 e. The average molecular weight is 455 g/mol. The fourth-order valence-corrected chi connectivity index (χ4v) is 3.61. The van der Waals surface area contributed by atoms with E-state index >= 15 is 0 Å². The summed E-state index contributed by atoms with van der Waals surface area (Å²) in [6, 6.07) is 6.96. The molecule has 0 spiro atoms. The van der Waals surface area contributed by atoms with E-state index in [2.05, 4.69) is 5.32 Å². The molecule has 0 radical (unpaired) electrons. The van der Waals surface area contributed by atoms with Gasteiger partial charge in [0.1, 0.15) is 6.54 Å². The highest BCUT2D eigenvalue weighted by Crippen LogP contribution is 2.36. The Morgan fingerprint density at radius 2 is 1.79 bits per heavy atom. The van der Waals surface area contributed by atoms with Gasteiger partial charge in [-0.25, -0.2) is 8.42 Å². The quantitative estimate of drug-likeness (QED) is 0.710. The molecule has 0 aliphatic rings. The largest absolute Gasteiger partial charge is 0.416 e. The van der Waals surface area contributed by atoms with Crippen molar-refractivity contribution in [1.82, 2.24) is 0 Å². The summed E-state index contributed by atoms with van der Waals surface area (Å²) in [7, 11) is -4.11. The van der Waals surface area contributed by atoms with Crippen molar-refractivity contribution in [2.45, 2.75) is 13.1 Å². The van der Waals surface area contributed by atoms with E-state index in [1.807, 2.05) is 0 Å². The third-order valence-electron chi connectivity index (χ3n) is 3.70. The number of nitrogens with zero attached hydrogens (tertiary/aromatic N) is 1. The van der Waals surface area contributed by atoms with Crippen LogP contribution in [0.2, 0.25) is 10.0 Å². The summed E-state index contributed by atoms with van der Waals surface area (Å²) >= 11 is 11.8. The van der Waals surface area contributed by atoms with Crippen LogP contribution >= 0.6 is 23.2 Å². The Balaban J connectivity index is 2.38. The van der Waals surface area contributed by atoms with Gasteiger partial charge in [-0.2, -0.15) is 13.2 Å². The summed E-state index contributed by atoms with van der Waals surface area (Å²) < 4.78 is 63.8. The van der Waals surface area contributed by atoms with Crippen molar-refractivity contribution < 1.29 is 26.4 Å². The number of hydrogen-bond acceptors (Lipinski definition) is 3. The molecule has 1 N–H and O–H groups in total. The summed E-state index contributed by atoms with van der Waals surface area (Å²) in [4.78, 5) is 12.4. The maximum absolute atomic E-state index is 13.0. The van der Waals surface area contributed by atoms with Crippen LogP contribution in [-0.2, 0) is 21.0 Å². The minimum Gasteiger partial charge on any atom is -0.324 e. The average Bonchev–Trinajstić information content (AvgIpc) is 2.55. The molecule has 0 fully saturated rings. The first-order valence-corrected chi connectivity index (χ1v) is 10.3. The van der Waals surface area contributed by atoms with E-state index in [1.165, 1.54) is 6.07 Å². The zero-order chi connectivity index (χ0) is 21.3. The number of benzene rings is 2. The topological polar surface area (TPSA) is 66.5 Å². The van der Waals surface area contributed by atoms with Crippen LogP contribution in [0.3, 0.4) is 0 Å². The molecule has 2 aromatic carbocycles. The molecule has 0 saturated heterocycles. The van der Waals surface area contributed by atoms with Crippen LogP contribution in [0.25, 0.3) is 0 Å². The van der Waals surface area contributed by atoms with E-state index in [0.717, 1.165) is 18.4 Å². The van der Waals surface area contributed by atoms with E-state index in [4.69, 9.17) is 23.2 Å². The van der Waals surface area contributed by atoms with Crippen molar-refractivity contribution in [3.8, 4) is 0 Å². The van der Waals surface area contributed by atoms with Crippen molar-refractivity contribution >= 4 is 50.5 Å². The van der Waals surface area contributed by atoms with Gasteiger partial charge in [0.25, 0.3) is 0 Å². The highest BCUT2D eigenvalue weighted by atomic mass is 35.5. The number of aryl methyl sites for hydroxylation is 1. The second-order valence-corrected chi connectivity index (χ2v) is 8.69. The fourth-order valence-electron chi connectivity index (χ4n) is 2.31. The summed E-state index contributed by atoms with van der Waals surface area (Å²) in [6.45, 7) is 0.926. The molecule has 0 aromatic heterocycles. The molecule has 1 amide bonds. The van der Waals surface area contributed by atoms with Gasteiger partial charge in [0.15, 0.2) is 0 Å². The Bertz CT molecular complexity index is 1010. The summed E-state index contributed by atoms with van der Waals surface area (Å²) in [5, 5.41) is 2.60. The van der Waals surface area contributed by atoms with Gasteiger partial charge in [-0.05, 0) is 42.8 Å². The van der Waals surface area contributed by atoms with Crippen molar-refractivity contribution in [3.05, 3.63) is 57.6 Å². The van der Waals surface area contributed by atoms with Gasteiger partial charge < -0.3 is 5.32 Å². The van der Waals surface area contributed by atoms with Crippen LogP contribution in [0.4, 0.5) is 24.5 Å². The number of halogens is 5. The molecule has 5 nitrogen and oxygen atoms in total. The lowest BCUT2D eigenvalue weighted by atomic mass is 10.2. The monoisotopic (exact) mass is 454 g/mol. The number of alkyl halides is 3. The molecule has 0 aliphatic carbocycles. The molecule has 152 valence electrons. The Hall–Kier alpha value is -1.97. The molecule has 2 aromatic rings. The Morgan fingerprint density at radius 3 is 2.36 bits per heavy atom. The van der Waals surface area contributed by atoms with E-state index < -0.39 is 39.9 Å². The molecule has 0 atom stereocenters. The van der Waals surface area contributed by atoms with E-state index in [1.54, 1.807) is 19.1 Å². The number of hydrogen-bond donors (Lipinski definition) is 1. The van der Waals surface area contributed by atoms with Crippen LogP contribution in [-0.4, -0.2) is 27.1 Å². The van der Waals surface area contributed by atoms with Gasteiger partial charge in [0.05, 0.1) is 22.5 Å². The summed E-state index contributed by atoms with van der Waals surface area (Å²) in [5.74, 6) is -0.774. The van der Waals surface area contributed by atoms with E-state index in [9.17, 15) is 26.4 Å². The number of anilines is 2. The highest BCUT2D eigenvalue weighted by Gasteiger charge is 2.33. The van der Waals surface area contributed by atoms with Crippen LogP contribution in [0, 0.1) is 6.92 Å². The maximum atomic E-state index is 13.0. The minimum atomic E-state index is -4.71. The molecule has 0 heterocycles. The van der Waals surface area contributed by atoms with Crippen LogP contribution in [0.1, 0.15) is 11.1 Å². The fraction of sp³-hybridized carbons (Fsp3) is 0.235. The molecular formula is C17H15Cl2F3N2O3S. The molecule has 2 rings (SSSR count). The predicted molar refractivity (Wildman–Crippen MR) is 103 cm³/mol. The summed E-state index contributed by atoms with van der Waals surface area (Å²) in [6.07, 6.45) is -3.94. The molecule has 0 unspecified atom stereocenters. The molecule has 0 saturated carbocycles. The van der Waals surface area contributed by atoms with Crippen molar-refractivity contribution in [2.24, 2.45) is 0 Å². The number of sulfonamides is 1. The number of carbonyl (C=O) groups is 1. The lowest BCUT2D eigenvalue weighted by molar-refractivity contribution is -0.137. The first-order valence-electron chi connectivity index (χ1n) is 7.69. The van der Waals surface area contributed by atoms with E-state index in [-0.39, 0.29) is 5.02 Å². The minimum absolute atomic E-state index is 0.245. The first kappa shape index (κ1) is 22.3. The Kier molecular flexibility index (Phi) is 6.52. The van der Waals surface area contributed by atoms with Gasteiger partial charge in [-0.3, -0.25) is 9.10 Å². The maximum Gasteiger partial charge on any atom is 0.416 e. The second-order valence-electron chi connectivity index (χ2n) is 5.94. The van der Waals surface area contributed by atoms with Crippen LogP contribution < -0.4 is 9.62 Å². The van der Waals surface area contributed by atoms with Gasteiger partial charge in [-0.15, -0.1) is 0 Å². The SMILES string of the molecule is Cc1ccc(Cl)cc1NC(=O)CN(c1cc(C(F)(F)F)ccc1Cl)S(C)(=O)=O. The molecule has 0 bridgehead atoms. The second kappa shape index (κ2) is 8.18. The van der Waals surface area contributed by atoms with Gasteiger partial charge >= 0.3 is 6.18 Å². The predicted octanol–water partition coefficient (Wildman–Crippen LogP) is 4.73. The molecule has 11 heteroatoms. The normalized spacial score (nSPS) is 12.0. The van der Waals surface area contributed by atoms with Gasteiger partial charge in [-0.1, -0.05) is 29.3 Å². The highest BCUT2D eigenvalue weighted by molar-refractivity contribution is 7.92. The van der Waals surface area contributed by atoms with Gasteiger partial charge in [0, 0.05) is 10.7 Å². The molecule has 28 heavy (non-hydrogen) atoms. The first-order chi connectivity index (χ1) is 12.8. The van der Waals surface area contributed by atoms with Gasteiger partial charge in [0.2, 0.25) is 15.9 Å². The van der Waals surface area contributed by atoms with Crippen LogP contribution in [0.15, 0.2) is 36.4 Å². The standard InChI is InChI=1S/C17H15Cl2F3N2O3S/c1-10-3-5-12(18)8-14(10)23-16(25)9-24(28(2,26)27)15-7-11(17(20,21)22)4-6-13(15)19/h3-8H,9H2,1-2H3,(H,23,25). The third kappa shape index (κ3) is 5.52. The number of rotatable bonds is 5. The zero-order valence-electron chi connectivity index (χ0n) is 14.6. The third-order valence-corrected chi connectivity index (χ3v) is 5.38. The van der Waals surface area contributed by atoms with Crippen molar-refractivity contribution in [1.29, 1.82) is 0 Å². The summed E-state index contributed by atoms with van der Waals surface area (Å²) in [5.41, 5.74) is -0.523. The van der Waals surface area contributed by atoms with E-state index in [0.29, 0.717) is 26.6 Å². The molecule has 0 aliphatic heterocycles. The Morgan fingerprint density at radius 1 is 1.14 bits per heavy atom. The lowest BCUT2D eigenvalue weighted by Crippen LogP contribution is -2.37. The van der Waals surface area contributed by atoms with Crippen LogP contribution in [0.5, 0.6) is 0 Å². The van der Waals surface area contributed by atoms with Crippen molar-refractivity contribution in [3.63, 3.8) is 0 Å². The van der Waals surface area contributed by atoms with Crippen molar-refractivity contribution in [2.75, 3.05) is 22.4 Å². The number of nitrogens with one attached hydrogen (secondary N) is 1. The molecular weight excluding hydrogens is 440 g/mol. The zero-order valence-corrected chi connectivity index (χ0v) is 17.0. The Labute approximate surface area is 170 Å². The lowest BCUT2D eigenvalue weighted by Gasteiger charge is -2.24. The number of carbonyl (C=O) groups excluding carboxylic acids is 1. The number of amides is 1.